The van der Waals surface area contributed by atoms with Crippen LogP contribution in [0.25, 0.3) is 0 Å². The van der Waals surface area contributed by atoms with Gasteiger partial charge in [0.1, 0.15) is 0 Å². The fraction of sp³-hybridized carbons (Fsp3) is 0.625. The highest BCUT2D eigenvalue weighted by Crippen LogP contribution is 2.42. The van der Waals surface area contributed by atoms with E-state index in [4.69, 9.17) is 19.9 Å². The molecule has 0 heterocycles. The van der Waals surface area contributed by atoms with Crippen molar-refractivity contribution in [2.75, 3.05) is 21.3 Å². The van der Waals surface area contributed by atoms with Gasteiger partial charge in [-0.05, 0) is 24.5 Å². The van der Waals surface area contributed by atoms with E-state index in [2.05, 4.69) is 13.8 Å². The van der Waals surface area contributed by atoms with Crippen molar-refractivity contribution >= 4 is 0 Å². The monoisotopic (exact) mass is 281 g/mol. The first-order valence-electron chi connectivity index (χ1n) is 7.17. The first-order chi connectivity index (χ1) is 9.62. The van der Waals surface area contributed by atoms with Crippen LogP contribution in [0.3, 0.4) is 0 Å². The van der Waals surface area contributed by atoms with Crippen LogP contribution >= 0.6 is 0 Å². The number of ether oxygens (including phenoxy) is 3. The van der Waals surface area contributed by atoms with Gasteiger partial charge in [0.2, 0.25) is 5.75 Å². The van der Waals surface area contributed by atoms with Crippen LogP contribution in [0.5, 0.6) is 17.2 Å². The molecule has 0 bridgehead atoms. The minimum absolute atomic E-state index is 0.0605. The van der Waals surface area contributed by atoms with Crippen molar-refractivity contribution in [1.29, 1.82) is 0 Å². The second kappa shape index (κ2) is 8.00. The summed E-state index contributed by atoms with van der Waals surface area (Å²) in [6.45, 7) is 4.40. The van der Waals surface area contributed by atoms with E-state index in [-0.39, 0.29) is 6.04 Å². The molecule has 0 spiro atoms. The molecule has 0 amide bonds. The maximum atomic E-state index is 6.36. The number of nitrogens with two attached hydrogens (primary N) is 1. The van der Waals surface area contributed by atoms with E-state index in [1.54, 1.807) is 21.3 Å². The largest absolute Gasteiger partial charge is 0.493 e. The van der Waals surface area contributed by atoms with Crippen molar-refractivity contribution in [3.05, 3.63) is 17.7 Å². The summed E-state index contributed by atoms with van der Waals surface area (Å²) in [5, 5.41) is 0. The molecule has 2 N–H and O–H groups in total. The van der Waals surface area contributed by atoms with Crippen LogP contribution in [0, 0.1) is 5.92 Å². The lowest BCUT2D eigenvalue weighted by atomic mass is 9.91. The summed E-state index contributed by atoms with van der Waals surface area (Å²) in [6.07, 6.45) is 3.22. The van der Waals surface area contributed by atoms with Gasteiger partial charge in [0.15, 0.2) is 11.5 Å². The highest BCUT2D eigenvalue weighted by atomic mass is 16.5. The van der Waals surface area contributed by atoms with Crippen LogP contribution < -0.4 is 19.9 Å². The topological polar surface area (TPSA) is 53.7 Å². The van der Waals surface area contributed by atoms with E-state index in [1.807, 2.05) is 12.1 Å². The molecule has 0 radical (unpaired) electrons. The Balaban J connectivity index is 3.11. The number of benzene rings is 1. The summed E-state index contributed by atoms with van der Waals surface area (Å²) in [6, 6.07) is 3.78. The summed E-state index contributed by atoms with van der Waals surface area (Å²) >= 11 is 0. The summed E-state index contributed by atoms with van der Waals surface area (Å²) in [7, 11) is 4.85. The van der Waals surface area contributed by atoms with Crippen LogP contribution in [-0.4, -0.2) is 21.3 Å². The van der Waals surface area contributed by atoms with Gasteiger partial charge in [-0.1, -0.05) is 26.7 Å². The van der Waals surface area contributed by atoms with Gasteiger partial charge >= 0.3 is 0 Å². The zero-order valence-electron chi connectivity index (χ0n) is 13.2. The van der Waals surface area contributed by atoms with Crippen molar-refractivity contribution < 1.29 is 14.2 Å². The molecule has 0 aromatic heterocycles. The fourth-order valence-corrected chi connectivity index (χ4v) is 2.52. The summed E-state index contributed by atoms with van der Waals surface area (Å²) in [5.74, 6) is 2.56. The Hall–Kier alpha value is -1.42. The molecule has 1 aromatic rings. The zero-order valence-corrected chi connectivity index (χ0v) is 13.2. The lowest BCUT2D eigenvalue weighted by Crippen LogP contribution is -2.16. The van der Waals surface area contributed by atoms with E-state index in [9.17, 15) is 0 Å². The maximum Gasteiger partial charge on any atom is 0.203 e. The van der Waals surface area contributed by atoms with E-state index < -0.39 is 0 Å². The summed E-state index contributed by atoms with van der Waals surface area (Å²) in [5.41, 5.74) is 7.33. The lowest BCUT2D eigenvalue weighted by Gasteiger charge is -2.22. The quantitative estimate of drug-likeness (QED) is 0.792. The van der Waals surface area contributed by atoms with Crippen molar-refractivity contribution in [2.45, 2.75) is 39.2 Å². The minimum atomic E-state index is -0.0605. The first-order valence-corrected chi connectivity index (χ1v) is 7.17. The molecule has 4 nitrogen and oxygen atoms in total. The van der Waals surface area contributed by atoms with Crippen molar-refractivity contribution in [1.82, 2.24) is 0 Å². The Kier molecular flexibility index (Phi) is 6.65. The van der Waals surface area contributed by atoms with Crippen LogP contribution in [-0.2, 0) is 0 Å². The standard InChI is InChI=1S/C16H27NO3/c1-6-11(7-2)10-13(17)12-8-9-14(18-3)16(20-5)15(12)19-4/h8-9,11,13H,6-7,10,17H2,1-5H3. The van der Waals surface area contributed by atoms with E-state index in [0.29, 0.717) is 23.2 Å². The molecular weight excluding hydrogens is 254 g/mol. The first kappa shape index (κ1) is 16.6. The molecule has 114 valence electrons. The van der Waals surface area contributed by atoms with Crippen molar-refractivity contribution in [3.8, 4) is 17.2 Å². The summed E-state index contributed by atoms with van der Waals surface area (Å²) < 4.78 is 16.2. The number of hydrogen-bond donors (Lipinski definition) is 1. The third kappa shape index (κ3) is 3.57. The average molecular weight is 281 g/mol. The molecule has 0 saturated carbocycles. The molecule has 1 atom stereocenters. The van der Waals surface area contributed by atoms with Crippen molar-refractivity contribution in [3.63, 3.8) is 0 Å². The fourth-order valence-electron chi connectivity index (χ4n) is 2.52. The van der Waals surface area contributed by atoms with Gasteiger partial charge in [0.25, 0.3) is 0 Å². The van der Waals surface area contributed by atoms with Gasteiger partial charge in [-0.3, -0.25) is 0 Å². The van der Waals surface area contributed by atoms with Gasteiger partial charge < -0.3 is 19.9 Å². The summed E-state index contributed by atoms with van der Waals surface area (Å²) in [4.78, 5) is 0. The van der Waals surface area contributed by atoms with E-state index in [0.717, 1.165) is 24.8 Å². The Bertz CT molecular complexity index is 416. The van der Waals surface area contributed by atoms with Gasteiger partial charge in [0.05, 0.1) is 21.3 Å². The SMILES string of the molecule is CCC(CC)CC(N)c1ccc(OC)c(OC)c1OC. The average Bonchev–Trinajstić information content (AvgIpc) is 2.50. The normalized spacial score (nSPS) is 12.3. The molecule has 1 unspecified atom stereocenters. The van der Waals surface area contributed by atoms with Crippen LogP contribution in [0.1, 0.15) is 44.7 Å². The smallest absolute Gasteiger partial charge is 0.203 e. The molecule has 4 heteroatoms. The Labute approximate surface area is 122 Å². The highest BCUT2D eigenvalue weighted by Gasteiger charge is 2.21. The number of hydrogen-bond acceptors (Lipinski definition) is 4. The third-order valence-corrected chi connectivity index (χ3v) is 3.88. The number of methoxy groups -OCH3 is 3. The van der Waals surface area contributed by atoms with Gasteiger partial charge in [-0.15, -0.1) is 0 Å². The molecule has 20 heavy (non-hydrogen) atoms. The van der Waals surface area contributed by atoms with Crippen LogP contribution in [0.15, 0.2) is 12.1 Å². The minimum Gasteiger partial charge on any atom is -0.493 e. The second-order valence-electron chi connectivity index (χ2n) is 4.95. The number of rotatable bonds is 8. The predicted molar refractivity (Wildman–Crippen MR) is 81.7 cm³/mol. The molecule has 0 saturated heterocycles. The predicted octanol–water partition coefficient (Wildman–Crippen LogP) is 3.54. The van der Waals surface area contributed by atoms with Crippen molar-refractivity contribution in [2.24, 2.45) is 11.7 Å². The van der Waals surface area contributed by atoms with Crippen LogP contribution in [0.4, 0.5) is 0 Å². The zero-order chi connectivity index (χ0) is 15.1. The van der Waals surface area contributed by atoms with Gasteiger partial charge in [-0.2, -0.15) is 0 Å². The molecular formula is C16H27NO3. The molecule has 1 aromatic carbocycles. The van der Waals surface area contributed by atoms with Gasteiger partial charge in [0, 0.05) is 11.6 Å². The van der Waals surface area contributed by atoms with Crippen LogP contribution in [0.2, 0.25) is 0 Å². The molecule has 0 fully saturated rings. The molecule has 1 rings (SSSR count). The van der Waals surface area contributed by atoms with Gasteiger partial charge in [-0.25, -0.2) is 0 Å². The lowest BCUT2D eigenvalue weighted by molar-refractivity contribution is 0.318. The molecule has 0 aliphatic carbocycles. The van der Waals surface area contributed by atoms with E-state index >= 15 is 0 Å². The Morgan fingerprint density at radius 2 is 1.55 bits per heavy atom. The van der Waals surface area contributed by atoms with E-state index in [1.165, 1.54) is 0 Å². The highest BCUT2D eigenvalue weighted by molar-refractivity contribution is 5.56. The Morgan fingerprint density at radius 3 is 2.00 bits per heavy atom. The Morgan fingerprint density at radius 1 is 0.950 bits per heavy atom. The molecule has 0 aliphatic rings. The molecule has 0 aliphatic heterocycles. The third-order valence-electron chi connectivity index (χ3n) is 3.88. The maximum absolute atomic E-state index is 6.36. The second-order valence-corrected chi connectivity index (χ2v) is 4.95.